The molecule has 0 saturated heterocycles. The molecule has 3 N–H and O–H groups in total. The number of aromatic nitrogens is 2. The molecule has 7 nitrogen and oxygen atoms in total. The van der Waals surface area contributed by atoms with Crippen LogP contribution < -0.4 is 5.32 Å². The maximum atomic E-state index is 14.3. The van der Waals surface area contributed by atoms with E-state index in [1.165, 1.54) is 18.2 Å². The van der Waals surface area contributed by atoms with Crippen LogP contribution in [-0.2, 0) is 23.1 Å². The Morgan fingerprint density at radius 3 is 2.51 bits per heavy atom. The summed E-state index contributed by atoms with van der Waals surface area (Å²) in [4.78, 5) is 25.7. The highest BCUT2D eigenvalue weighted by Gasteiger charge is 2.65. The lowest BCUT2D eigenvalue weighted by Gasteiger charge is -2.31. The average Bonchev–Trinajstić information content (AvgIpc) is 3.59. The largest absolute Gasteiger partial charge is 0.481 e. The minimum absolute atomic E-state index is 0.103. The molecule has 2 aromatic rings. The summed E-state index contributed by atoms with van der Waals surface area (Å²) in [5.41, 5.74) is -0.0184. The highest BCUT2D eigenvalue weighted by Crippen LogP contribution is 2.60. The van der Waals surface area contributed by atoms with Gasteiger partial charge >= 0.3 is 12.1 Å². The topological polar surface area (TPSA) is 104 Å². The number of carboxylic acid groups (broad SMARTS) is 1. The van der Waals surface area contributed by atoms with Gasteiger partial charge in [-0.1, -0.05) is 29.8 Å². The summed E-state index contributed by atoms with van der Waals surface area (Å²) in [5, 5.41) is 28.1. The van der Waals surface area contributed by atoms with Crippen LogP contribution in [0.3, 0.4) is 0 Å². The van der Waals surface area contributed by atoms with Crippen LogP contribution in [0.4, 0.5) is 17.6 Å². The number of nitrogens with zero attached hydrogens (tertiary/aromatic N) is 2. The van der Waals surface area contributed by atoms with Gasteiger partial charge in [0.05, 0.1) is 33.3 Å². The summed E-state index contributed by atoms with van der Waals surface area (Å²) >= 11 is 6.45. The number of alkyl halides is 4. The van der Waals surface area contributed by atoms with Gasteiger partial charge in [0.25, 0.3) is 5.91 Å². The van der Waals surface area contributed by atoms with Crippen LogP contribution in [-0.4, -0.2) is 56.5 Å². The normalized spacial score (nSPS) is 27.3. The van der Waals surface area contributed by atoms with E-state index in [9.17, 15) is 37.4 Å². The molecule has 5 atom stereocenters. The van der Waals surface area contributed by atoms with E-state index in [0.29, 0.717) is 56.3 Å². The van der Waals surface area contributed by atoms with Gasteiger partial charge in [-0.15, -0.1) is 0 Å². The van der Waals surface area contributed by atoms with Gasteiger partial charge in [0.15, 0.2) is 0 Å². The molecule has 0 bridgehead atoms. The second-order valence-electron chi connectivity index (χ2n) is 12.4. The number of allylic oxidation sites excluding steroid dienone is 2. The number of carboxylic acids is 1. The van der Waals surface area contributed by atoms with Crippen LogP contribution in [0.15, 0.2) is 24.3 Å². The van der Waals surface area contributed by atoms with Crippen LogP contribution in [0.25, 0.3) is 5.57 Å². The fraction of sp³-hybridized carbons (Fsp3) is 0.581. The summed E-state index contributed by atoms with van der Waals surface area (Å²) in [6.07, 6.45) is -1.08. The molecular formula is C31H34ClF4N3O4. The number of halogens is 5. The molecule has 0 spiro atoms. The molecule has 0 radical (unpaired) electrons. The van der Waals surface area contributed by atoms with Crippen molar-refractivity contribution in [3.05, 3.63) is 57.4 Å². The van der Waals surface area contributed by atoms with Gasteiger partial charge in [-0.3, -0.25) is 14.9 Å². The Morgan fingerprint density at radius 1 is 1.14 bits per heavy atom. The minimum Gasteiger partial charge on any atom is -0.481 e. The zero-order valence-electron chi connectivity index (χ0n) is 23.5. The number of nitrogens with one attached hydrogen (secondary N) is 1. The van der Waals surface area contributed by atoms with Crippen LogP contribution in [0, 0.1) is 11.8 Å². The Morgan fingerprint density at radius 2 is 1.91 bits per heavy atom. The van der Waals surface area contributed by atoms with E-state index in [1.807, 2.05) is 6.08 Å². The summed E-state index contributed by atoms with van der Waals surface area (Å²) < 4.78 is 58.1. The third-order valence-electron chi connectivity index (χ3n) is 9.87. The van der Waals surface area contributed by atoms with Crippen LogP contribution in [0.1, 0.15) is 90.7 Å². The first-order chi connectivity index (χ1) is 20.4. The number of aliphatic carboxylic acids is 1. The summed E-state index contributed by atoms with van der Waals surface area (Å²) in [6, 6.07) is 3.64. The lowest BCUT2D eigenvalue weighted by atomic mass is 9.82. The highest BCUT2D eigenvalue weighted by atomic mass is 35.5. The third kappa shape index (κ3) is 5.42. The SMILES string of the molecule is O=C(O)C1CC=C(c2nn(C(=O)c3c(Cl)cccc3C3(C(F)(F)F)CC3)c3c2CCC(C(O)N[C@H]2CCC[C@H]2F)C3)CC1. The number of aliphatic hydroxyl groups excluding tert-OH is 1. The summed E-state index contributed by atoms with van der Waals surface area (Å²) in [6.45, 7) is 0. The number of hydrogen-bond acceptors (Lipinski definition) is 5. The van der Waals surface area contributed by atoms with Crippen molar-refractivity contribution in [1.82, 2.24) is 15.1 Å². The lowest BCUT2D eigenvalue weighted by molar-refractivity contribution is -0.160. The first-order valence-electron chi connectivity index (χ1n) is 14.9. The minimum atomic E-state index is -4.57. The van der Waals surface area contributed by atoms with E-state index >= 15 is 0 Å². The Labute approximate surface area is 251 Å². The van der Waals surface area contributed by atoms with Crippen LogP contribution in [0.2, 0.25) is 5.02 Å². The number of fused-ring (bicyclic) bond motifs is 1. The van der Waals surface area contributed by atoms with E-state index < -0.39 is 47.8 Å². The van der Waals surface area contributed by atoms with Crippen molar-refractivity contribution >= 4 is 29.1 Å². The van der Waals surface area contributed by atoms with Crippen molar-refractivity contribution in [3.63, 3.8) is 0 Å². The number of benzene rings is 1. The molecule has 1 heterocycles. The molecule has 0 aliphatic heterocycles. The molecule has 232 valence electrons. The van der Waals surface area contributed by atoms with Gasteiger partial charge in [-0.25, -0.2) is 4.39 Å². The first-order valence-corrected chi connectivity index (χ1v) is 15.3. The first kappa shape index (κ1) is 30.3. The molecule has 3 unspecified atom stereocenters. The standard InChI is InChI=1S/C31H34ClF4N3O4/c32-21-4-1-3-20(30(13-14-30)31(34,35)36)25(21)28(41)39-24-15-18(27(40)37-23-6-2-5-22(23)33)11-12-19(24)26(38-39)16-7-9-17(10-8-16)29(42)43/h1,3-4,7,17-18,22-23,27,37,40H,2,5-6,8-15H2,(H,42,43)/t17?,18?,22-,23+,27?/m1/s1. The van der Waals surface area contributed by atoms with E-state index in [1.54, 1.807) is 0 Å². The zero-order chi connectivity index (χ0) is 30.7. The van der Waals surface area contributed by atoms with Gasteiger partial charge < -0.3 is 10.2 Å². The van der Waals surface area contributed by atoms with Crippen LogP contribution in [0.5, 0.6) is 0 Å². The molecule has 6 rings (SSSR count). The van der Waals surface area contributed by atoms with Crippen molar-refractivity contribution in [3.8, 4) is 0 Å². The molecule has 1 aromatic heterocycles. The summed E-state index contributed by atoms with van der Waals surface area (Å²) in [5.74, 6) is -2.57. The molecule has 43 heavy (non-hydrogen) atoms. The van der Waals surface area contributed by atoms with Crippen molar-refractivity contribution < 1.29 is 37.4 Å². The molecule has 4 aliphatic rings. The Bertz CT molecular complexity index is 1470. The zero-order valence-corrected chi connectivity index (χ0v) is 24.2. The van der Waals surface area contributed by atoms with Gasteiger partial charge in [0.2, 0.25) is 0 Å². The maximum absolute atomic E-state index is 14.3. The van der Waals surface area contributed by atoms with Gasteiger partial charge in [-0.2, -0.15) is 23.0 Å². The fourth-order valence-electron chi connectivity index (χ4n) is 7.14. The Hall–Kier alpha value is -2.76. The molecule has 4 aliphatic carbocycles. The fourth-order valence-corrected chi connectivity index (χ4v) is 7.40. The predicted octanol–water partition coefficient (Wildman–Crippen LogP) is 5.99. The van der Waals surface area contributed by atoms with Crippen molar-refractivity contribution in [1.29, 1.82) is 0 Å². The molecule has 12 heteroatoms. The lowest BCUT2D eigenvalue weighted by Crippen LogP contribution is -2.46. The molecule has 2 saturated carbocycles. The van der Waals surface area contributed by atoms with E-state index in [-0.39, 0.29) is 41.3 Å². The van der Waals surface area contributed by atoms with Gasteiger partial charge in [0.1, 0.15) is 12.4 Å². The quantitative estimate of drug-likeness (QED) is 0.259. The average molecular weight is 624 g/mol. The van der Waals surface area contributed by atoms with Crippen molar-refractivity contribution in [2.75, 3.05) is 0 Å². The van der Waals surface area contributed by atoms with Gasteiger partial charge in [0, 0.05) is 17.5 Å². The van der Waals surface area contributed by atoms with E-state index in [0.717, 1.165) is 22.2 Å². The van der Waals surface area contributed by atoms with Crippen LogP contribution >= 0.6 is 11.6 Å². The number of rotatable bonds is 7. The molecule has 0 amide bonds. The Balaban J connectivity index is 1.39. The number of hydrogen-bond donors (Lipinski definition) is 3. The maximum Gasteiger partial charge on any atom is 0.398 e. The second kappa shape index (κ2) is 11.3. The third-order valence-corrected chi connectivity index (χ3v) is 10.2. The van der Waals surface area contributed by atoms with E-state index in [2.05, 4.69) is 10.4 Å². The number of aliphatic hydroxyl groups is 1. The molecular weight excluding hydrogens is 590 g/mol. The second-order valence-corrected chi connectivity index (χ2v) is 12.8. The van der Waals surface area contributed by atoms with Crippen molar-refractivity contribution in [2.24, 2.45) is 11.8 Å². The predicted molar refractivity (Wildman–Crippen MR) is 151 cm³/mol. The van der Waals surface area contributed by atoms with Gasteiger partial charge in [-0.05, 0) is 87.8 Å². The van der Waals surface area contributed by atoms with E-state index in [4.69, 9.17) is 11.6 Å². The smallest absolute Gasteiger partial charge is 0.398 e. The highest BCUT2D eigenvalue weighted by molar-refractivity contribution is 6.34. The Kier molecular flexibility index (Phi) is 7.96. The molecule has 2 fully saturated rings. The van der Waals surface area contributed by atoms with Crippen molar-refractivity contribution in [2.45, 2.75) is 101 Å². The summed E-state index contributed by atoms with van der Waals surface area (Å²) in [7, 11) is 0. The number of carbonyl (C=O) groups excluding carboxylic acids is 1. The monoisotopic (exact) mass is 623 g/mol. The number of carbonyl (C=O) groups is 2. The molecule has 1 aromatic carbocycles.